The molecule has 0 N–H and O–H groups in total. The minimum Gasteiger partial charge on any atom is -0.278 e. The van der Waals surface area contributed by atoms with E-state index in [1.807, 2.05) is 35.6 Å². The summed E-state index contributed by atoms with van der Waals surface area (Å²) in [4.78, 5) is 10.6. The summed E-state index contributed by atoms with van der Waals surface area (Å²) in [7, 11) is 0. The van der Waals surface area contributed by atoms with Crippen LogP contribution in [0.5, 0.6) is 0 Å². The molecule has 0 fully saturated rings. The van der Waals surface area contributed by atoms with E-state index in [1.54, 1.807) is 0 Å². The molecule has 0 radical (unpaired) electrons. The third kappa shape index (κ3) is 4.00. The first-order valence-electron chi connectivity index (χ1n) is 15.9. The van der Waals surface area contributed by atoms with Crippen LogP contribution < -0.4 is 0 Å². The van der Waals surface area contributed by atoms with Crippen molar-refractivity contribution in [3.05, 3.63) is 151 Å². The molecule has 3 heterocycles. The molecule has 0 bridgehead atoms. The van der Waals surface area contributed by atoms with Crippen LogP contribution in [0, 0.1) is 11.3 Å². The molecule has 0 amide bonds. The number of nitrogens with zero attached hydrogens (tertiary/aromatic N) is 4. The van der Waals surface area contributed by atoms with Gasteiger partial charge in [0.2, 0.25) is 5.95 Å². The lowest BCUT2D eigenvalue weighted by atomic mass is 9.98. The SMILES string of the molecule is N#Cc1ccc(-c2nc(-n3c4ccccc4c4cc5ccccc5cc43)nc3ccc(-c4cccc5c4sc4ccccc45)cc23)cc1. The summed E-state index contributed by atoms with van der Waals surface area (Å²) in [6.07, 6.45) is 0. The number of hydrogen-bond acceptors (Lipinski definition) is 4. The van der Waals surface area contributed by atoms with Gasteiger partial charge in [-0.15, -0.1) is 11.3 Å². The largest absolute Gasteiger partial charge is 0.278 e. The molecule has 0 aliphatic carbocycles. The molecular formula is C43H24N4S. The van der Waals surface area contributed by atoms with E-state index < -0.39 is 0 Å². The molecule has 222 valence electrons. The highest BCUT2D eigenvalue weighted by Gasteiger charge is 2.19. The summed E-state index contributed by atoms with van der Waals surface area (Å²) in [5.74, 6) is 0.614. The summed E-state index contributed by atoms with van der Waals surface area (Å²) in [5, 5.41) is 17.8. The third-order valence-corrected chi connectivity index (χ3v) is 10.6. The maximum atomic E-state index is 9.54. The Kier molecular flexibility index (Phi) is 5.77. The van der Waals surface area contributed by atoms with Crippen molar-refractivity contribution < 1.29 is 0 Å². The van der Waals surface area contributed by atoms with Crippen molar-refractivity contribution >= 4 is 75.0 Å². The molecule has 48 heavy (non-hydrogen) atoms. The van der Waals surface area contributed by atoms with Gasteiger partial charge >= 0.3 is 0 Å². The average molecular weight is 629 g/mol. The Bertz CT molecular complexity index is 2960. The maximum Gasteiger partial charge on any atom is 0.235 e. The van der Waals surface area contributed by atoms with Gasteiger partial charge in [-0.25, -0.2) is 9.97 Å². The fraction of sp³-hybridized carbons (Fsp3) is 0. The lowest BCUT2D eigenvalue weighted by Gasteiger charge is -2.13. The fourth-order valence-corrected chi connectivity index (χ4v) is 8.39. The van der Waals surface area contributed by atoms with Gasteiger partial charge in [0.1, 0.15) is 0 Å². The number of thiophene rings is 1. The summed E-state index contributed by atoms with van der Waals surface area (Å²) in [6, 6.07) is 53.1. The van der Waals surface area contributed by atoms with Crippen LogP contribution in [0.2, 0.25) is 0 Å². The standard InChI is InChI=1S/C43H24N4S/c44-25-26-16-18-27(19-17-26)41-36-23-30(31-12-7-13-34-33-11-4-6-15-40(33)48-42(31)34)20-21-37(36)45-43(46-41)47-38-14-5-3-10-32(38)35-22-28-8-1-2-9-29(28)24-39(35)47/h1-24H. The molecular weight excluding hydrogens is 605 g/mol. The van der Waals surface area contributed by atoms with Gasteiger partial charge < -0.3 is 0 Å². The highest BCUT2D eigenvalue weighted by molar-refractivity contribution is 7.26. The van der Waals surface area contributed by atoms with Crippen molar-refractivity contribution in [1.82, 2.24) is 14.5 Å². The quantitative estimate of drug-likeness (QED) is 0.196. The zero-order valence-electron chi connectivity index (χ0n) is 25.6. The van der Waals surface area contributed by atoms with E-state index in [4.69, 9.17) is 9.97 Å². The van der Waals surface area contributed by atoms with E-state index in [0.717, 1.165) is 44.1 Å². The van der Waals surface area contributed by atoms with Crippen LogP contribution in [0.3, 0.4) is 0 Å². The first-order valence-corrected chi connectivity index (χ1v) is 16.7. The van der Waals surface area contributed by atoms with Gasteiger partial charge in [0.25, 0.3) is 0 Å². The predicted molar refractivity (Wildman–Crippen MR) is 200 cm³/mol. The van der Waals surface area contributed by atoms with Crippen molar-refractivity contribution in [2.24, 2.45) is 0 Å². The zero-order valence-corrected chi connectivity index (χ0v) is 26.4. The van der Waals surface area contributed by atoms with Gasteiger partial charge in [0.15, 0.2) is 0 Å². The molecule has 0 atom stereocenters. The van der Waals surface area contributed by atoms with Crippen molar-refractivity contribution in [3.8, 4) is 34.4 Å². The Morgan fingerprint density at radius 1 is 0.542 bits per heavy atom. The highest BCUT2D eigenvalue weighted by atomic mass is 32.1. The van der Waals surface area contributed by atoms with Crippen LogP contribution >= 0.6 is 11.3 Å². The summed E-state index contributed by atoms with van der Waals surface area (Å²) in [6.45, 7) is 0. The minimum atomic E-state index is 0.614. The van der Waals surface area contributed by atoms with Crippen molar-refractivity contribution in [3.63, 3.8) is 0 Å². The minimum absolute atomic E-state index is 0.614. The van der Waals surface area contributed by atoms with Gasteiger partial charge in [-0.1, -0.05) is 97.1 Å². The van der Waals surface area contributed by atoms with E-state index in [2.05, 4.69) is 132 Å². The van der Waals surface area contributed by atoms with Crippen LogP contribution in [0.4, 0.5) is 0 Å². The van der Waals surface area contributed by atoms with Gasteiger partial charge in [0, 0.05) is 41.9 Å². The Morgan fingerprint density at radius 2 is 1.27 bits per heavy atom. The molecule has 4 nitrogen and oxygen atoms in total. The van der Waals surface area contributed by atoms with Crippen LogP contribution in [0.1, 0.15) is 5.56 Å². The first kappa shape index (κ1) is 26.8. The number of para-hydroxylation sites is 1. The second-order valence-corrected chi connectivity index (χ2v) is 13.2. The summed E-state index contributed by atoms with van der Waals surface area (Å²) in [5.41, 5.74) is 7.67. The molecule has 0 aliphatic rings. The lowest BCUT2D eigenvalue weighted by Crippen LogP contribution is -2.03. The number of fused-ring (bicyclic) bond motifs is 8. The Balaban J connectivity index is 1.26. The summed E-state index contributed by atoms with van der Waals surface area (Å²) < 4.78 is 4.74. The van der Waals surface area contributed by atoms with Crippen LogP contribution in [-0.4, -0.2) is 14.5 Å². The molecule has 10 rings (SSSR count). The van der Waals surface area contributed by atoms with E-state index in [-0.39, 0.29) is 0 Å². The molecule has 5 heteroatoms. The lowest BCUT2D eigenvalue weighted by molar-refractivity contribution is 1.01. The molecule has 0 unspecified atom stereocenters. The van der Waals surface area contributed by atoms with E-state index >= 15 is 0 Å². The molecule has 0 saturated carbocycles. The third-order valence-electron chi connectivity index (χ3n) is 9.43. The first-order chi connectivity index (χ1) is 23.7. The van der Waals surface area contributed by atoms with E-state index in [9.17, 15) is 5.26 Å². The van der Waals surface area contributed by atoms with Gasteiger partial charge in [-0.05, 0) is 70.4 Å². The van der Waals surface area contributed by atoms with E-state index in [0.29, 0.717) is 11.5 Å². The van der Waals surface area contributed by atoms with Crippen LogP contribution in [0.15, 0.2) is 146 Å². The zero-order chi connectivity index (χ0) is 31.8. The smallest absolute Gasteiger partial charge is 0.235 e. The Morgan fingerprint density at radius 3 is 2.12 bits per heavy atom. The molecule has 7 aromatic carbocycles. The van der Waals surface area contributed by atoms with Gasteiger partial charge in [0.05, 0.1) is 33.9 Å². The van der Waals surface area contributed by atoms with Crippen molar-refractivity contribution in [2.75, 3.05) is 0 Å². The van der Waals surface area contributed by atoms with Crippen LogP contribution in [-0.2, 0) is 0 Å². The number of benzene rings is 7. The average Bonchev–Trinajstić information content (AvgIpc) is 3.69. The van der Waals surface area contributed by atoms with Crippen molar-refractivity contribution in [1.29, 1.82) is 5.26 Å². The second-order valence-electron chi connectivity index (χ2n) is 12.1. The molecule has 0 aliphatic heterocycles. The monoisotopic (exact) mass is 628 g/mol. The number of rotatable bonds is 3. The maximum absolute atomic E-state index is 9.54. The normalized spacial score (nSPS) is 11.7. The predicted octanol–water partition coefficient (Wildman–Crippen LogP) is 11.5. The number of hydrogen-bond donors (Lipinski definition) is 0. The summed E-state index contributed by atoms with van der Waals surface area (Å²) >= 11 is 1.83. The Labute approximate surface area is 279 Å². The Hall–Kier alpha value is -6.35. The molecule has 0 spiro atoms. The topological polar surface area (TPSA) is 54.5 Å². The molecule has 10 aromatic rings. The number of nitriles is 1. The van der Waals surface area contributed by atoms with Crippen molar-refractivity contribution in [2.45, 2.75) is 0 Å². The van der Waals surface area contributed by atoms with Crippen LogP contribution in [0.25, 0.3) is 92.0 Å². The second kappa shape index (κ2) is 10.3. The molecule has 3 aromatic heterocycles. The van der Waals surface area contributed by atoms with Gasteiger partial charge in [-0.3, -0.25) is 4.57 Å². The number of aromatic nitrogens is 3. The fourth-order valence-electron chi connectivity index (χ4n) is 7.15. The van der Waals surface area contributed by atoms with Gasteiger partial charge in [-0.2, -0.15) is 5.26 Å². The molecule has 0 saturated heterocycles. The van der Waals surface area contributed by atoms with E-state index in [1.165, 1.54) is 41.9 Å². The highest BCUT2D eigenvalue weighted by Crippen LogP contribution is 2.41.